The highest BCUT2D eigenvalue weighted by Gasteiger charge is 2.12. The maximum absolute atomic E-state index is 11.1. The Labute approximate surface area is 68.3 Å². The number of fused-ring (bicyclic) bond motifs is 1. The van der Waals surface area contributed by atoms with Crippen molar-refractivity contribution in [2.75, 3.05) is 7.11 Å². The first-order valence-corrected chi connectivity index (χ1v) is 3.45. The van der Waals surface area contributed by atoms with Crippen molar-refractivity contribution in [3.63, 3.8) is 0 Å². The summed E-state index contributed by atoms with van der Waals surface area (Å²) in [6, 6.07) is 7.04. The Kier molecular flexibility index (Phi) is 1.36. The van der Waals surface area contributed by atoms with Crippen LogP contribution in [0.25, 0.3) is 11.0 Å². The van der Waals surface area contributed by atoms with Gasteiger partial charge in [0.2, 0.25) is 11.0 Å². The van der Waals surface area contributed by atoms with Crippen LogP contribution in [0, 0.1) is 5.21 Å². The van der Waals surface area contributed by atoms with E-state index in [1.165, 1.54) is 12.0 Å². The van der Waals surface area contributed by atoms with E-state index in [4.69, 9.17) is 4.84 Å². The van der Waals surface area contributed by atoms with Gasteiger partial charge in [0.15, 0.2) is 0 Å². The molecule has 0 atom stereocenters. The summed E-state index contributed by atoms with van der Waals surface area (Å²) in [5.74, 6) is 0. The molecule has 0 aliphatic carbocycles. The predicted molar refractivity (Wildman–Crippen MR) is 41.2 cm³/mol. The molecule has 5 nitrogen and oxygen atoms in total. The molecule has 0 radical (unpaired) electrons. The van der Waals surface area contributed by atoms with E-state index in [2.05, 4.69) is 5.21 Å². The normalized spacial score (nSPS) is 10.4. The molecule has 0 spiro atoms. The molecule has 1 aromatic carbocycles. The smallest absolute Gasteiger partial charge is 0.247 e. The summed E-state index contributed by atoms with van der Waals surface area (Å²) >= 11 is 0. The molecule has 0 bridgehead atoms. The van der Waals surface area contributed by atoms with Crippen LogP contribution in [0.15, 0.2) is 24.3 Å². The number of para-hydroxylation sites is 2. The van der Waals surface area contributed by atoms with Gasteiger partial charge in [0, 0.05) is 0 Å². The second kappa shape index (κ2) is 2.37. The highest BCUT2D eigenvalue weighted by molar-refractivity contribution is 5.70. The summed E-state index contributed by atoms with van der Waals surface area (Å²) in [4.78, 5) is 6.54. The van der Waals surface area contributed by atoms with E-state index in [-0.39, 0.29) is 0 Å². The van der Waals surface area contributed by atoms with E-state index >= 15 is 0 Å². The van der Waals surface area contributed by atoms with Gasteiger partial charge in [0.25, 0.3) is 0 Å². The lowest BCUT2D eigenvalue weighted by Gasteiger charge is -1.88. The van der Waals surface area contributed by atoms with E-state index in [1.807, 2.05) is 6.07 Å². The average molecular weight is 165 g/mol. The molecule has 12 heavy (non-hydrogen) atoms. The Balaban J connectivity index is 2.82. The third-order valence-electron chi connectivity index (χ3n) is 1.63. The van der Waals surface area contributed by atoms with E-state index in [0.717, 1.165) is 0 Å². The molecule has 0 saturated heterocycles. The summed E-state index contributed by atoms with van der Waals surface area (Å²) in [5, 5.41) is 14.6. The van der Waals surface area contributed by atoms with Crippen LogP contribution in [0.1, 0.15) is 0 Å². The molecule has 0 aliphatic heterocycles. The van der Waals surface area contributed by atoms with Gasteiger partial charge in [-0.05, 0) is 12.1 Å². The third-order valence-corrected chi connectivity index (χ3v) is 1.63. The minimum Gasteiger partial charge on any atom is -0.691 e. The van der Waals surface area contributed by atoms with Crippen LogP contribution in [-0.2, 0) is 0 Å². The molecular weight excluding hydrogens is 158 g/mol. The SMILES string of the molecule is COn1n[n+]([O-])c2ccccc21. The number of rotatable bonds is 1. The van der Waals surface area contributed by atoms with Crippen LogP contribution in [0.4, 0.5) is 0 Å². The minimum atomic E-state index is 0.499. The van der Waals surface area contributed by atoms with Crippen molar-refractivity contribution in [2.24, 2.45) is 0 Å². The van der Waals surface area contributed by atoms with Gasteiger partial charge in [-0.15, -0.1) is 4.85 Å². The molecule has 5 heteroatoms. The second-order valence-corrected chi connectivity index (χ2v) is 2.31. The molecule has 0 N–H and O–H groups in total. The first kappa shape index (κ1) is 6.90. The largest absolute Gasteiger partial charge is 0.691 e. The number of hydrogen-bond acceptors (Lipinski definition) is 3. The Morgan fingerprint density at radius 1 is 1.50 bits per heavy atom. The summed E-state index contributed by atoms with van der Waals surface area (Å²) in [5.41, 5.74) is 1.16. The van der Waals surface area contributed by atoms with Crippen LogP contribution >= 0.6 is 0 Å². The highest BCUT2D eigenvalue weighted by Crippen LogP contribution is 2.05. The molecule has 0 unspecified atom stereocenters. The zero-order chi connectivity index (χ0) is 8.55. The van der Waals surface area contributed by atoms with Gasteiger partial charge >= 0.3 is 0 Å². The first-order chi connectivity index (χ1) is 5.83. The number of nitrogens with zero attached hydrogens (tertiary/aromatic N) is 3. The monoisotopic (exact) mass is 165 g/mol. The Bertz CT molecular complexity index is 410. The molecule has 1 aromatic heterocycles. The minimum absolute atomic E-state index is 0.499. The fourth-order valence-electron chi connectivity index (χ4n) is 1.09. The maximum Gasteiger partial charge on any atom is 0.247 e. The molecular formula is C7H7N3O2. The van der Waals surface area contributed by atoms with Gasteiger partial charge in [-0.1, -0.05) is 12.1 Å². The van der Waals surface area contributed by atoms with Crippen molar-refractivity contribution in [3.8, 4) is 0 Å². The quantitative estimate of drug-likeness (QED) is 0.431. The standard InChI is InChI=1S/C7H7N3O2/c1-12-10-7-5-3-2-4-6(7)9(11)8-10/h2-5H,1H3. The molecule has 2 aromatic rings. The van der Waals surface area contributed by atoms with Gasteiger partial charge in [0.1, 0.15) is 12.3 Å². The van der Waals surface area contributed by atoms with Crippen LogP contribution in [0.5, 0.6) is 0 Å². The van der Waals surface area contributed by atoms with Gasteiger partial charge in [-0.3, -0.25) is 0 Å². The zero-order valence-electron chi connectivity index (χ0n) is 6.47. The first-order valence-electron chi connectivity index (χ1n) is 3.45. The number of benzene rings is 1. The van der Waals surface area contributed by atoms with Crippen LogP contribution in [-0.4, -0.2) is 17.2 Å². The molecule has 0 aliphatic rings. The van der Waals surface area contributed by atoms with Gasteiger partial charge in [-0.25, -0.2) is 0 Å². The Morgan fingerprint density at radius 2 is 2.25 bits per heavy atom. The van der Waals surface area contributed by atoms with E-state index < -0.39 is 0 Å². The van der Waals surface area contributed by atoms with Crippen molar-refractivity contribution in [1.82, 2.24) is 10.1 Å². The fourth-order valence-corrected chi connectivity index (χ4v) is 1.09. The lowest BCUT2D eigenvalue weighted by molar-refractivity contribution is -0.649. The molecule has 2 rings (SSSR count). The summed E-state index contributed by atoms with van der Waals surface area (Å²) in [6.07, 6.45) is 0. The highest BCUT2D eigenvalue weighted by atomic mass is 16.7. The summed E-state index contributed by atoms with van der Waals surface area (Å²) in [6.45, 7) is 0. The maximum atomic E-state index is 11.1. The average Bonchev–Trinajstić information content (AvgIpc) is 2.44. The number of hydrogen-bond donors (Lipinski definition) is 0. The van der Waals surface area contributed by atoms with Crippen molar-refractivity contribution in [1.29, 1.82) is 0 Å². The topological polar surface area (TPSA) is 54.0 Å². The predicted octanol–water partition coefficient (Wildman–Crippen LogP) is -0.272. The summed E-state index contributed by atoms with van der Waals surface area (Å²) < 4.78 is 0. The molecule has 1 heterocycles. The van der Waals surface area contributed by atoms with E-state index in [0.29, 0.717) is 15.9 Å². The Morgan fingerprint density at radius 3 is 3.00 bits per heavy atom. The molecule has 0 amide bonds. The van der Waals surface area contributed by atoms with Gasteiger partial charge in [0.05, 0.1) is 4.85 Å². The van der Waals surface area contributed by atoms with Crippen molar-refractivity contribution in [2.45, 2.75) is 0 Å². The van der Waals surface area contributed by atoms with Gasteiger partial charge in [-0.2, -0.15) is 0 Å². The van der Waals surface area contributed by atoms with E-state index in [1.54, 1.807) is 18.2 Å². The van der Waals surface area contributed by atoms with E-state index in [9.17, 15) is 5.21 Å². The van der Waals surface area contributed by atoms with Crippen molar-refractivity contribution >= 4 is 11.0 Å². The third kappa shape index (κ3) is 0.795. The zero-order valence-corrected chi connectivity index (χ0v) is 6.47. The van der Waals surface area contributed by atoms with Gasteiger partial charge < -0.3 is 10.0 Å². The molecule has 62 valence electrons. The molecule has 0 saturated carbocycles. The number of aromatic nitrogens is 3. The van der Waals surface area contributed by atoms with Crippen LogP contribution < -0.4 is 9.68 Å². The second-order valence-electron chi connectivity index (χ2n) is 2.31. The van der Waals surface area contributed by atoms with Crippen LogP contribution in [0.2, 0.25) is 0 Å². The van der Waals surface area contributed by atoms with Crippen molar-refractivity contribution in [3.05, 3.63) is 29.5 Å². The Hall–Kier alpha value is -1.78. The molecule has 0 fully saturated rings. The summed E-state index contributed by atoms with van der Waals surface area (Å²) in [7, 11) is 1.46. The van der Waals surface area contributed by atoms with Crippen LogP contribution in [0.3, 0.4) is 0 Å². The fraction of sp³-hybridized carbons (Fsp3) is 0.143. The lowest BCUT2D eigenvalue weighted by atomic mass is 10.3. The van der Waals surface area contributed by atoms with Crippen molar-refractivity contribution < 1.29 is 9.68 Å². The lowest BCUT2D eigenvalue weighted by Crippen LogP contribution is -2.30.